The van der Waals surface area contributed by atoms with Gasteiger partial charge in [-0.05, 0) is 87.7 Å². The lowest BCUT2D eigenvalue weighted by atomic mass is 10.0. The first-order valence-corrected chi connectivity index (χ1v) is 18.0. The third-order valence-electron chi connectivity index (χ3n) is 8.50. The Morgan fingerprint density at radius 3 is 2.43 bits per heavy atom. The molecule has 1 heterocycles. The fraction of sp³-hybridized carbons (Fsp3) is 0.444. The lowest BCUT2D eigenvalue weighted by Crippen LogP contribution is -2.48. The van der Waals surface area contributed by atoms with Crippen LogP contribution in [0.4, 0.5) is 16.2 Å². The first-order chi connectivity index (χ1) is 23.4. The summed E-state index contributed by atoms with van der Waals surface area (Å²) in [6.07, 6.45) is 1.59. The molecule has 3 amide bonds. The van der Waals surface area contributed by atoms with Crippen LogP contribution in [0.1, 0.15) is 50.4 Å². The lowest BCUT2D eigenvalue weighted by Gasteiger charge is -2.35. The highest BCUT2D eigenvalue weighted by Crippen LogP contribution is 2.29. The third kappa shape index (κ3) is 10.3. The van der Waals surface area contributed by atoms with Crippen LogP contribution in [0, 0.1) is 5.92 Å². The zero-order valence-electron chi connectivity index (χ0n) is 28.8. The Morgan fingerprint density at radius 2 is 1.76 bits per heavy atom. The number of ether oxygens (including phenoxy) is 3. The van der Waals surface area contributed by atoms with Gasteiger partial charge in [0.05, 0.1) is 42.4 Å². The van der Waals surface area contributed by atoms with E-state index in [1.54, 1.807) is 85.5 Å². The Hall–Kier alpha value is -4.33. The second-order valence-corrected chi connectivity index (χ2v) is 14.2. The predicted octanol–water partition coefficient (Wildman–Crippen LogP) is 5.46. The summed E-state index contributed by atoms with van der Waals surface area (Å²) in [5.41, 5.74) is 0.980. The van der Waals surface area contributed by atoms with Crippen molar-refractivity contribution in [1.82, 2.24) is 9.80 Å². The first kappa shape index (κ1) is 37.5. The maximum absolute atomic E-state index is 14.4. The van der Waals surface area contributed by atoms with Crippen molar-refractivity contribution in [1.29, 1.82) is 0 Å². The maximum atomic E-state index is 14.4. The zero-order chi connectivity index (χ0) is 35.6. The van der Waals surface area contributed by atoms with E-state index in [0.717, 1.165) is 12.8 Å². The number of fused-ring (bicyclic) bond motifs is 1. The molecule has 0 fully saturated rings. The van der Waals surface area contributed by atoms with Gasteiger partial charge in [0.15, 0.2) is 0 Å². The molecule has 3 N–H and O–H groups in total. The van der Waals surface area contributed by atoms with Crippen molar-refractivity contribution < 1.29 is 37.3 Å². The van der Waals surface area contributed by atoms with E-state index in [0.29, 0.717) is 30.2 Å². The lowest BCUT2D eigenvalue weighted by molar-refractivity contribution is -0.0115. The van der Waals surface area contributed by atoms with Crippen LogP contribution in [-0.2, 0) is 14.8 Å². The van der Waals surface area contributed by atoms with Gasteiger partial charge >= 0.3 is 6.03 Å². The Labute approximate surface area is 289 Å². The second-order valence-electron chi connectivity index (χ2n) is 12.5. The molecule has 12 nitrogen and oxygen atoms in total. The van der Waals surface area contributed by atoms with E-state index in [2.05, 4.69) is 10.0 Å². The fourth-order valence-corrected chi connectivity index (χ4v) is 6.58. The minimum Gasteiger partial charge on any atom is -0.497 e. The van der Waals surface area contributed by atoms with Gasteiger partial charge in [0, 0.05) is 44.0 Å². The SMILES string of the molecule is COc1ccc(NC(=O)N(C)C[C@H]2OCCCC[C@@H](C)Oc3ccc(NS(=O)(=O)c4ccccc4)cc3C(=O)N([C@@H](C)CO)C[C@@H]2C)cc1. The summed E-state index contributed by atoms with van der Waals surface area (Å²) in [7, 11) is -0.662. The predicted molar refractivity (Wildman–Crippen MR) is 189 cm³/mol. The van der Waals surface area contributed by atoms with E-state index in [9.17, 15) is 23.1 Å². The van der Waals surface area contributed by atoms with Crippen LogP contribution in [0.15, 0.2) is 77.7 Å². The van der Waals surface area contributed by atoms with Gasteiger partial charge in [0.25, 0.3) is 15.9 Å². The number of rotatable bonds is 9. The van der Waals surface area contributed by atoms with Crippen molar-refractivity contribution in [3.63, 3.8) is 0 Å². The van der Waals surface area contributed by atoms with Crippen molar-refractivity contribution in [2.24, 2.45) is 5.92 Å². The van der Waals surface area contributed by atoms with Crippen LogP contribution in [0.2, 0.25) is 0 Å². The molecule has 0 bridgehead atoms. The smallest absolute Gasteiger partial charge is 0.321 e. The summed E-state index contributed by atoms with van der Waals surface area (Å²) in [5, 5.41) is 13.1. The summed E-state index contributed by atoms with van der Waals surface area (Å²) in [4.78, 5) is 30.7. The molecule has 266 valence electrons. The van der Waals surface area contributed by atoms with Crippen molar-refractivity contribution in [2.75, 3.05) is 50.5 Å². The van der Waals surface area contributed by atoms with E-state index in [-0.39, 0.29) is 53.9 Å². The van der Waals surface area contributed by atoms with Crippen molar-refractivity contribution >= 4 is 33.3 Å². The van der Waals surface area contributed by atoms with Crippen molar-refractivity contribution in [2.45, 2.75) is 63.2 Å². The molecule has 0 unspecified atom stereocenters. The van der Waals surface area contributed by atoms with Crippen LogP contribution in [0.25, 0.3) is 0 Å². The number of aliphatic hydroxyl groups excluding tert-OH is 1. The molecular weight excluding hydrogens is 648 g/mol. The van der Waals surface area contributed by atoms with E-state index in [4.69, 9.17) is 14.2 Å². The normalized spacial score (nSPS) is 19.8. The minimum atomic E-state index is -3.92. The average molecular weight is 697 g/mol. The van der Waals surface area contributed by atoms with Crippen molar-refractivity contribution in [3.8, 4) is 11.5 Å². The topological polar surface area (TPSA) is 147 Å². The number of benzene rings is 3. The number of anilines is 2. The van der Waals surface area contributed by atoms with Crippen LogP contribution < -0.4 is 19.5 Å². The average Bonchev–Trinajstić information content (AvgIpc) is 3.10. The number of nitrogens with zero attached hydrogens (tertiary/aromatic N) is 2. The molecule has 0 aliphatic carbocycles. The highest BCUT2D eigenvalue weighted by molar-refractivity contribution is 7.92. The largest absolute Gasteiger partial charge is 0.497 e. The molecule has 0 saturated carbocycles. The van der Waals surface area contributed by atoms with Crippen LogP contribution in [0.3, 0.4) is 0 Å². The molecule has 0 radical (unpaired) electrons. The highest BCUT2D eigenvalue weighted by atomic mass is 32.2. The Morgan fingerprint density at radius 1 is 1.06 bits per heavy atom. The zero-order valence-corrected chi connectivity index (χ0v) is 29.6. The summed E-state index contributed by atoms with van der Waals surface area (Å²) in [5.74, 6) is 0.304. The molecule has 0 spiro atoms. The Bertz CT molecular complexity index is 1640. The molecule has 49 heavy (non-hydrogen) atoms. The summed E-state index contributed by atoms with van der Waals surface area (Å²) >= 11 is 0. The number of aliphatic hydroxyl groups is 1. The highest BCUT2D eigenvalue weighted by Gasteiger charge is 2.31. The van der Waals surface area contributed by atoms with Gasteiger partial charge in [0.1, 0.15) is 11.5 Å². The molecular formula is C36H48N4O8S. The fourth-order valence-electron chi connectivity index (χ4n) is 5.51. The van der Waals surface area contributed by atoms with Gasteiger partial charge < -0.3 is 34.4 Å². The van der Waals surface area contributed by atoms with Gasteiger partial charge in [-0.3, -0.25) is 9.52 Å². The van der Waals surface area contributed by atoms with Gasteiger partial charge in [-0.2, -0.15) is 0 Å². The number of urea groups is 1. The summed E-state index contributed by atoms with van der Waals surface area (Å²) in [6, 6.07) is 18.7. The monoisotopic (exact) mass is 696 g/mol. The van der Waals surface area contributed by atoms with Gasteiger partial charge in [0.2, 0.25) is 0 Å². The van der Waals surface area contributed by atoms with E-state index in [1.165, 1.54) is 18.2 Å². The minimum absolute atomic E-state index is 0.0873. The number of methoxy groups -OCH3 is 1. The van der Waals surface area contributed by atoms with E-state index in [1.807, 2.05) is 13.8 Å². The number of hydrogen-bond acceptors (Lipinski definition) is 8. The van der Waals surface area contributed by atoms with E-state index < -0.39 is 28.1 Å². The van der Waals surface area contributed by atoms with Crippen molar-refractivity contribution in [3.05, 3.63) is 78.4 Å². The number of sulfonamides is 1. The molecule has 3 aromatic carbocycles. The molecule has 13 heteroatoms. The Kier molecular flexibility index (Phi) is 13.3. The van der Waals surface area contributed by atoms with Gasteiger partial charge in [-0.25, -0.2) is 13.2 Å². The number of carbonyl (C=O) groups is 2. The molecule has 4 rings (SSSR count). The van der Waals surface area contributed by atoms with E-state index >= 15 is 0 Å². The van der Waals surface area contributed by atoms with Gasteiger partial charge in [-0.15, -0.1) is 0 Å². The Balaban J connectivity index is 1.60. The van der Waals surface area contributed by atoms with Crippen LogP contribution >= 0.6 is 0 Å². The second kappa shape index (κ2) is 17.4. The number of nitrogens with one attached hydrogen (secondary N) is 2. The number of hydrogen-bond donors (Lipinski definition) is 3. The quantitative estimate of drug-likeness (QED) is 0.268. The molecule has 3 aromatic rings. The summed E-state index contributed by atoms with van der Waals surface area (Å²) < 4.78 is 46.6. The maximum Gasteiger partial charge on any atom is 0.321 e. The molecule has 0 aromatic heterocycles. The standard InChI is InChI=1S/C36H48N4O8S/c1-25-22-40(26(2)24-41)35(42)32-21-29(38-49(44,45)31-12-7-6-8-13-31)16-19-33(32)48-27(3)11-9-10-20-47-34(25)23-39(4)36(43)37-28-14-17-30(46-5)18-15-28/h6-8,12-19,21,25-27,34,38,41H,9-11,20,22-24H2,1-5H3,(H,37,43)/t25-,26-,27+,34+/m0/s1. The third-order valence-corrected chi connectivity index (χ3v) is 9.90. The molecule has 4 atom stereocenters. The summed E-state index contributed by atoms with van der Waals surface area (Å²) in [6.45, 7) is 6.20. The van der Waals surface area contributed by atoms with Crippen LogP contribution in [0.5, 0.6) is 11.5 Å². The molecule has 0 saturated heterocycles. The molecule has 1 aliphatic heterocycles. The molecule has 1 aliphatic rings. The number of likely N-dealkylation sites (N-methyl/N-ethyl adjacent to an activating group) is 1. The number of carbonyl (C=O) groups excluding carboxylic acids is 2. The van der Waals surface area contributed by atoms with Gasteiger partial charge in [-0.1, -0.05) is 25.1 Å². The first-order valence-electron chi connectivity index (χ1n) is 16.5. The number of amides is 3. The van der Waals surface area contributed by atoms with Crippen LogP contribution in [-0.4, -0.2) is 94.0 Å².